The second kappa shape index (κ2) is 43.5. The van der Waals surface area contributed by atoms with Crippen LogP contribution in [0.3, 0.4) is 0 Å². The Morgan fingerprint density at radius 1 is 0.293 bits per heavy atom. The molecular formula is C52H100O6. The molecule has 0 unspecified atom stereocenters. The van der Waals surface area contributed by atoms with E-state index < -0.39 is 6.10 Å². The van der Waals surface area contributed by atoms with Gasteiger partial charge in [0.25, 0.3) is 0 Å². The first-order valence-corrected chi connectivity index (χ1v) is 25.6. The molecule has 0 radical (unpaired) electrons. The van der Waals surface area contributed by atoms with Gasteiger partial charge < -0.3 is 14.2 Å². The van der Waals surface area contributed by atoms with Crippen molar-refractivity contribution in [2.75, 3.05) is 13.2 Å². The maximum absolute atomic E-state index is 12.8. The zero-order chi connectivity index (χ0) is 42.7. The monoisotopic (exact) mass is 821 g/mol. The van der Waals surface area contributed by atoms with E-state index >= 15 is 0 Å². The highest BCUT2D eigenvalue weighted by atomic mass is 16.6. The predicted molar refractivity (Wildman–Crippen MR) is 247 cm³/mol. The van der Waals surface area contributed by atoms with Gasteiger partial charge in [-0.1, -0.05) is 241 Å². The van der Waals surface area contributed by atoms with Crippen molar-refractivity contribution in [3.8, 4) is 0 Å². The van der Waals surface area contributed by atoms with Crippen molar-refractivity contribution in [1.82, 2.24) is 0 Å². The topological polar surface area (TPSA) is 78.9 Å². The van der Waals surface area contributed by atoms with E-state index in [1.165, 1.54) is 161 Å². The quantitative estimate of drug-likeness (QED) is 0.0346. The number of rotatable bonds is 45. The number of carbonyl (C=O) groups excluding carboxylic acids is 3. The van der Waals surface area contributed by atoms with Gasteiger partial charge in [0, 0.05) is 19.3 Å². The molecule has 0 fully saturated rings. The molecule has 0 saturated carbocycles. The van der Waals surface area contributed by atoms with Gasteiger partial charge in [0.2, 0.25) is 0 Å². The minimum absolute atomic E-state index is 0.0651. The van der Waals surface area contributed by atoms with Crippen LogP contribution in [-0.2, 0) is 28.6 Å². The van der Waals surface area contributed by atoms with E-state index in [-0.39, 0.29) is 31.1 Å². The normalized spacial score (nSPS) is 12.2. The number of carbonyl (C=O) groups is 3. The van der Waals surface area contributed by atoms with Gasteiger partial charge in [0.15, 0.2) is 6.10 Å². The Labute approximate surface area is 361 Å². The summed E-state index contributed by atoms with van der Waals surface area (Å²) in [6.07, 6.45) is 42.4. The van der Waals surface area contributed by atoms with Gasteiger partial charge in [-0.25, -0.2) is 0 Å². The Hall–Kier alpha value is -1.59. The van der Waals surface area contributed by atoms with Crippen LogP contribution in [0.4, 0.5) is 0 Å². The molecule has 58 heavy (non-hydrogen) atoms. The molecule has 6 nitrogen and oxygen atoms in total. The lowest BCUT2D eigenvalue weighted by molar-refractivity contribution is -0.167. The third-order valence-corrected chi connectivity index (χ3v) is 11.6. The van der Waals surface area contributed by atoms with Gasteiger partial charge in [-0.2, -0.15) is 0 Å². The Morgan fingerprint density at radius 2 is 0.500 bits per heavy atom. The number of unbranched alkanes of at least 4 members (excludes halogenated alkanes) is 28. The summed E-state index contributed by atoms with van der Waals surface area (Å²) in [5, 5.41) is 0. The van der Waals surface area contributed by atoms with Gasteiger partial charge in [-0.05, 0) is 37.0 Å². The van der Waals surface area contributed by atoms with Gasteiger partial charge in [-0.3, -0.25) is 14.4 Å². The first-order chi connectivity index (χ1) is 28.1. The smallest absolute Gasteiger partial charge is 0.306 e. The van der Waals surface area contributed by atoms with Crippen molar-refractivity contribution in [2.24, 2.45) is 17.8 Å². The molecule has 0 aromatic heterocycles. The van der Waals surface area contributed by atoms with Crippen LogP contribution in [0.5, 0.6) is 0 Å². The molecule has 0 aliphatic heterocycles. The van der Waals surface area contributed by atoms with E-state index in [1.807, 2.05) is 0 Å². The minimum Gasteiger partial charge on any atom is -0.462 e. The molecule has 0 saturated heterocycles. The zero-order valence-corrected chi connectivity index (χ0v) is 39.8. The average Bonchev–Trinajstić information content (AvgIpc) is 3.18. The van der Waals surface area contributed by atoms with E-state index in [0.717, 1.165) is 75.5 Å². The molecule has 1 atom stereocenters. The fourth-order valence-corrected chi connectivity index (χ4v) is 7.76. The summed E-state index contributed by atoms with van der Waals surface area (Å²) in [6, 6.07) is 0. The molecular weight excluding hydrogens is 721 g/mol. The van der Waals surface area contributed by atoms with E-state index in [4.69, 9.17) is 14.2 Å². The molecule has 0 bridgehead atoms. The lowest BCUT2D eigenvalue weighted by Gasteiger charge is -2.18. The lowest BCUT2D eigenvalue weighted by Crippen LogP contribution is -2.30. The van der Waals surface area contributed by atoms with Crippen molar-refractivity contribution >= 4 is 17.9 Å². The first-order valence-electron chi connectivity index (χ1n) is 25.6. The van der Waals surface area contributed by atoms with Crippen LogP contribution >= 0.6 is 0 Å². The first kappa shape index (κ1) is 56.4. The number of hydrogen-bond acceptors (Lipinski definition) is 6. The van der Waals surface area contributed by atoms with Gasteiger partial charge in [0.1, 0.15) is 13.2 Å². The second-order valence-electron chi connectivity index (χ2n) is 19.2. The van der Waals surface area contributed by atoms with Crippen molar-refractivity contribution < 1.29 is 28.6 Å². The lowest BCUT2D eigenvalue weighted by atomic mass is 10.0. The maximum atomic E-state index is 12.8. The standard InChI is InChI=1S/C52H100O6/c1-46(2)38-32-26-20-14-10-7-8-12-16-23-29-35-41-50(53)56-44-49(58-52(55)43-37-31-25-19-18-22-28-34-40-48(5)6)45-57-51(54)42-36-30-24-17-13-9-11-15-21-27-33-39-47(3)4/h46-49H,7-45H2,1-6H3/t49-/m1/s1. The SMILES string of the molecule is CC(C)CCCCCCCCCCCCCCC(=O)OC[C@H](COC(=O)CCCCCCCCCCCCCC(C)C)OC(=O)CCCCCCCCCCC(C)C. The summed E-state index contributed by atoms with van der Waals surface area (Å²) in [4.78, 5) is 37.9. The van der Waals surface area contributed by atoms with Crippen molar-refractivity contribution in [3.63, 3.8) is 0 Å². The van der Waals surface area contributed by atoms with Crippen LogP contribution in [-0.4, -0.2) is 37.2 Å². The van der Waals surface area contributed by atoms with Crippen LogP contribution in [0.25, 0.3) is 0 Å². The molecule has 0 aliphatic rings. The van der Waals surface area contributed by atoms with Gasteiger partial charge in [0.05, 0.1) is 0 Å². The minimum atomic E-state index is -0.763. The summed E-state index contributed by atoms with van der Waals surface area (Å²) in [5.74, 6) is 1.60. The maximum Gasteiger partial charge on any atom is 0.306 e. The molecule has 0 amide bonds. The van der Waals surface area contributed by atoms with Crippen molar-refractivity contribution in [2.45, 2.75) is 285 Å². The largest absolute Gasteiger partial charge is 0.462 e. The van der Waals surface area contributed by atoms with E-state index in [1.54, 1.807) is 0 Å². The highest BCUT2D eigenvalue weighted by Crippen LogP contribution is 2.17. The van der Waals surface area contributed by atoms with Gasteiger partial charge >= 0.3 is 17.9 Å². The van der Waals surface area contributed by atoms with E-state index in [0.29, 0.717) is 19.3 Å². The Balaban J connectivity index is 4.30. The number of esters is 3. The summed E-state index contributed by atoms with van der Waals surface area (Å²) < 4.78 is 16.8. The Kier molecular flexibility index (Phi) is 42.3. The van der Waals surface area contributed by atoms with Gasteiger partial charge in [-0.15, -0.1) is 0 Å². The molecule has 0 N–H and O–H groups in total. The molecule has 0 spiro atoms. The summed E-state index contributed by atoms with van der Waals surface area (Å²) >= 11 is 0. The highest BCUT2D eigenvalue weighted by molar-refractivity contribution is 5.71. The number of ether oxygens (including phenoxy) is 3. The fraction of sp³-hybridized carbons (Fsp3) is 0.942. The molecule has 0 heterocycles. The molecule has 0 aromatic rings. The molecule has 344 valence electrons. The van der Waals surface area contributed by atoms with Crippen molar-refractivity contribution in [3.05, 3.63) is 0 Å². The van der Waals surface area contributed by atoms with Crippen LogP contribution in [0, 0.1) is 17.8 Å². The molecule has 0 aliphatic carbocycles. The third kappa shape index (κ3) is 45.5. The van der Waals surface area contributed by atoms with E-state index in [2.05, 4.69) is 41.5 Å². The van der Waals surface area contributed by atoms with Crippen LogP contribution in [0.1, 0.15) is 279 Å². The van der Waals surface area contributed by atoms with Crippen LogP contribution in [0.2, 0.25) is 0 Å². The zero-order valence-electron chi connectivity index (χ0n) is 39.8. The highest BCUT2D eigenvalue weighted by Gasteiger charge is 2.19. The van der Waals surface area contributed by atoms with Crippen LogP contribution < -0.4 is 0 Å². The predicted octanol–water partition coefficient (Wildman–Crippen LogP) is 16.4. The fourth-order valence-electron chi connectivity index (χ4n) is 7.76. The van der Waals surface area contributed by atoms with E-state index in [9.17, 15) is 14.4 Å². The third-order valence-electron chi connectivity index (χ3n) is 11.6. The van der Waals surface area contributed by atoms with Crippen LogP contribution in [0.15, 0.2) is 0 Å². The van der Waals surface area contributed by atoms with Crippen molar-refractivity contribution in [1.29, 1.82) is 0 Å². The second-order valence-corrected chi connectivity index (χ2v) is 19.2. The summed E-state index contributed by atoms with van der Waals surface area (Å²) in [7, 11) is 0. The molecule has 6 heteroatoms. The Bertz CT molecular complexity index is 898. The summed E-state index contributed by atoms with van der Waals surface area (Å²) in [5.41, 5.74) is 0. The molecule has 0 aromatic carbocycles. The number of hydrogen-bond donors (Lipinski definition) is 0. The molecule has 0 rings (SSSR count). The summed E-state index contributed by atoms with van der Waals surface area (Å²) in [6.45, 7) is 13.7. The average molecular weight is 821 g/mol. The Morgan fingerprint density at radius 3 is 0.741 bits per heavy atom.